The van der Waals surface area contributed by atoms with E-state index in [2.05, 4.69) is 20.9 Å². The van der Waals surface area contributed by atoms with Crippen LogP contribution in [0.4, 0.5) is 27.8 Å². The molecule has 1 aromatic heterocycles. The van der Waals surface area contributed by atoms with Gasteiger partial charge in [0, 0.05) is 12.2 Å². The Morgan fingerprint density at radius 1 is 1.22 bits per heavy atom. The van der Waals surface area contributed by atoms with Crippen molar-refractivity contribution in [1.29, 1.82) is 0 Å². The molecule has 0 spiro atoms. The Balaban J connectivity index is 2.17. The van der Waals surface area contributed by atoms with Crippen molar-refractivity contribution >= 4 is 29.1 Å². The molecule has 0 saturated heterocycles. The van der Waals surface area contributed by atoms with Crippen LogP contribution in [0.3, 0.4) is 0 Å². The zero-order chi connectivity index (χ0) is 16.5. The minimum absolute atomic E-state index is 0.0448. The fourth-order valence-corrected chi connectivity index (χ4v) is 1.89. The van der Waals surface area contributed by atoms with E-state index >= 15 is 0 Å². The number of nitrogens with one attached hydrogen (secondary N) is 3. The second-order valence-electron chi connectivity index (χ2n) is 4.58. The van der Waals surface area contributed by atoms with Crippen molar-refractivity contribution in [2.75, 3.05) is 35.7 Å². The molecule has 7 heteroatoms. The van der Waals surface area contributed by atoms with E-state index in [4.69, 9.17) is 9.84 Å². The molecule has 1 heterocycles. The maximum atomic E-state index is 11.6. The summed E-state index contributed by atoms with van der Waals surface area (Å²) < 4.78 is 4.86. The number of carbonyl (C=O) groups excluding carboxylic acids is 1. The zero-order valence-corrected chi connectivity index (χ0v) is 12.9. The smallest absolute Gasteiger partial charge is 0.411 e. The first-order chi connectivity index (χ1) is 11.2. The summed E-state index contributed by atoms with van der Waals surface area (Å²) in [5.41, 5.74) is 1.38. The molecule has 0 bridgehead atoms. The highest BCUT2D eigenvalue weighted by atomic mass is 16.5. The second kappa shape index (κ2) is 8.60. The number of aromatic nitrogens is 1. The first-order valence-corrected chi connectivity index (χ1v) is 7.34. The van der Waals surface area contributed by atoms with Gasteiger partial charge in [-0.2, -0.15) is 0 Å². The summed E-state index contributed by atoms with van der Waals surface area (Å²) >= 11 is 0. The maximum absolute atomic E-state index is 11.6. The van der Waals surface area contributed by atoms with E-state index < -0.39 is 6.09 Å². The molecule has 0 aliphatic heterocycles. The van der Waals surface area contributed by atoms with Gasteiger partial charge in [0.2, 0.25) is 0 Å². The third-order valence-electron chi connectivity index (χ3n) is 2.86. The summed E-state index contributed by atoms with van der Waals surface area (Å²) in [5, 5.41) is 17.7. The van der Waals surface area contributed by atoms with Crippen LogP contribution in [0.2, 0.25) is 0 Å². The lowest BCUT2D eigenvalue weighted by Crippen LogP contribution is -2.16. The highest BCUT2D eigenvalue weighted by molar-refractivity contribution is 5.89. The number of hydrogen-bond donors (Lipinski definition) is 4. The molecule has 1 amide bonds. The Bertz CT molecular complexity index is 634. The normalized spacial score (nSPS) is 10.0. The van der Waals surface area contributed by atoms with E-state index in [0.717, 1.165) is 5.69 Å². The highest BCUT2D eigenvalue weighted by Crippen LogP contribution is 2.24. The van der Waals surface area contributed by atoms with Gasteiger partial charge in [-0.05, 0) is 31.2 Å². The number of para-hydroxylation sites is 1. The largest absolute Gasteiger partial charge is 0.450 e. The Labute approximate surface area is 134 Å². The first-order valence-electron chi connectivity index (χ1n) is 7.34. The monoisotopic (exact) mass is 316 g/mol. The van der Waals surface area contributed by atoms with Crippen LogP contribution in [0.25, 0.3) is 0 Å². The molecule has 4 N–H and O–H groups in total. The molecule has 0 atom stereocenters. The molecule has 2 rings (SSSR count). The minimum Gasteiger partial charge on any atom is -0.450 e. The number of aliphatic hydroxyl groups is 1. The van der Waals surface area contributed by atoms with Crippen molar-refractivity contribution in [1.82, 2.24) is 4.98 Å². The van der Waals surface area contributed by atoms with Gasteiger partial charge in [0.15, 0.2) is 5.82 Å². The first kappa shape index (κ1) is 16.6. The lowest BCUT2D eigenvalue weighted by molar-refractivity contribution is 0.168. The van der Waals surface area contributed by atoms with Gasteiger partial charge in [-0.3, -0.25) is 5.32 Å². The number of benzene rings is 1. The molecule has 0 radical (unpaired) electrons. The molecule has 0 aliphatic carbocycles. The molecular weight excluding hydrogens is 296 g/mol. The molecule has 2 aromatic rings. The molecule has 0 fully saturated rings. The number of rotatable bonds is 7. The van der Waals surface area contributed by atoms with Gasteiger partial charge < -0.3 is 20.5 Å². The molecular formula is C16H20N4O3. The Morgan fingerprint density at radius 2 is 2.00 bits per heavy atom. The maximum Gasteiger partial charge on any atom is 0.411 e. The van der Waals surface area contributed by atoms with Crippen molar-refractivity contribution in [3.05, 3.63) is 42.5 Å². The number of nitrogens with zero attached hydrogens (tertiary/aromatic N) is 1. The van der Waals surface area contributed by atoms with Crippen LogP contribution < -0.4 is 16.0 Å². The van der Waals surface area contributed by atoms with Crippen molar-refractivity contribution in [3.8, 4) is 0 Å². The average Bonchev–Trinajstić information content (AvgIpc) is 2.56. The summed E-state index contributed by atoms with van der Waals surface area (Å²) in [6.07, 6.45) is -0.551. The lowest BCUT2D eigenvalue weighted by Gasteiger charge is -2.14. The second-order valence-corrected chi connectivity index (χ2v) is 4.58. The van der Waals surface area contributed by atoms with E-state index in [9.17, 15) is 4.79 Å². The summed E-state index contributed by atoms with van der Waals surface area (Å²) in [7, 11) is 0. The summed E-state index contributed by atoms with van der Waals surface area (Å²) in [4.78, 5) is 16.0. The highest BCUT2D eigenvalue weighted by Gasteiger charge is 2.10. The third-order valence-corrected chi connectivity index (χ3v) is 2.86. The van der Waals surface area contributed by atoms with Crippen LogP contribution >= 0.6 is 0 Å². The number of carbonyl (C=O) groups is 1. The quantitative estimate of drug-likeness (QED) is 0.627. The summed E-state index contributed by atoms with van der Waals surface area (Å²) in [5.74, 6) is 1.07. The van der Waals surface area contributed by atoms with Crippen LogP contribution in [0.5, 0.6) is 0 Å². The molecule has 0 saturated carbocycles. The predicted molar refractivity (Wildman–Crippen MR) is 90.2 cm³/mol. The standard InChI is InChI=1S/C16H20N4O3/c1-2-23-16(22)19-13-8-9-14(20-15(13)17-10-11-21)18-12-6-4-3-5-7-12/h3-9,21H,2,10-11H2,1H3,(H,19,22)(H2,17,18,20). The Morgan fingerprint density at radius 3 is 2.70 bits per heavy atom. The summed E-state index contributed by atoms with van der Waals surface area (Å²) in [6, 6.07) is 13.1. The number of anilines is 4. The number of hydrogen-bond acceptors (Lipinski definition) is 6. The van der Waals surface area contributed by atoms with Crippen molar-refractivity contribution in [2.24, 2.45) is 0 Å². The summed E-state index contributed by atoms with van der Waals surface area (Å²) in [6.45, 7) is 2.29. The van der Waals surface area contributed by atoms with Crippen molar-refractivity contribution in [3.63, 3.8) is 0 Å². The Kier molecular flexibility index (Phi) is 6.19. The minimum atomic E-state index is -0.551. The van der Waals surface area contributed by atoms with Gasteiger partial charge in [-0.1, -0.05) is 18.2 Å². The zero-order valence-electron chi connectivity index (χ0n) is 12.9. The molecule has 122 valence electrons. The van der Waals surface area contributed by atoms with Crippen LogP contribution in [-0.2, 0) is 4.74 Å². The van der Waals surface area contributed by atoms with Gasteiger partial charge in [-0.25, -0.2) is 9.78 Å². The fourth-order valence-electron chi connectivity index (χ4n) is 1.89. The molecule has 0 aliphatic rings. The topological polar surface area (TPSA) is 95.5 Å². The number of ether oxygens (including phenoxy) is 1. The molecule has 23 heavy (non-hydrogen) atoms. The fraction of sp³-hybridized carbons (Fsp3) is 0.250. The van der Waals surface area contributed by atoms with E-state index in [1.165, 1.54) is 0 Å². The van der Waals surface area contributed by atoms with E-state index in [0.29, 0.717) is 23.9 Å². The van der Waals surface area contributed by atoms with Crippen molar-refractivity contribution < 1.29 is 14.6 Å². The van der Waals surface area contributed by atoms with Gasteiger partial charge >= 0.3 is 6.09 Å². The van der Waals surface area contributed by atoms with E-state index in [-0.39, 0.29) is 13.2 Å². The molecule has 1 aromatic carbocycles. The van der Waals surface area contributed by atoms with E-state index in [1.54, 1.807) is 19.1 Å². The van der Waals surface area contributed by atoms with Crippen LogP contribution in [0.1, 0.15) is 6.92 Å². The lowest BCUT2D eigenvalue weighted by atomic mass is 10.3. The van der Waals surface area contributed by atoms with Crippen LogP contribution in [0, 0.1) is 0 Å². The van der Waals surface area contributed by atoms with Gasteiger partial charge in [0.25, 0.3) is 0 Å². The van der Waals surface area contributed by atoms with E-state index in [1.807, 2.05) is 30.3 Å². The molecule has 0 unspecified atom stereocenters. The SMILES string of the molecule is CCOC(=O)Nc1ccc(Nc2ccccc2)nc1NCCO. The van der Waals surface area contributed by atoms with Crippen molar-refractivity contribution in [2.45, 2.75) is 6.92 Å². The van der Waals surface area contributed by atoms with Crippen LogP contribution in [-0.4, -0.2) is 35.9 Å². The van der Waals surface area contributed by atoms with Gasteiger partial charge in [0.1, 0.15) is 5.82 Å². The van der Waals surface area contributed by atoms with Gasteiger partial charge in [0.05, 0.1) is 18.9 Å². The number of aliphatic hydroxyl groups excluding tert-OH is 1. The predicted octanol–water partition coefficient (Wildman–Crippen LogP) is 2.80. The molecule has 7 nitrogen and oxygen atoms in total. The third kappa shape index (κ3) is 5.15. The number of pyridine rings is 1. The average molecular weight is 316 g/mol. The number of amides is 1. The Hall–Kier alpha value is -2.80. The van der Waals surface area contributed by atoms with Gasteiger partial charge in [-0.15, -0.1) is 0 Å². The van der Waals surface area contributed by atoms with Crippen LogP contribution in [0.15, 0.2) is 42.5 Å².